The van der Waals surface area contributed by atoms with Crippen LogP contribution in [0.4, 0.5) is 0 Å². The normalized spacial score (nSPS) is 17.7. The summed E-state index contributed by atoms with van der Waals surface area (Å²) < 4.78 is 12.7. The van der Waals surface area contributed by atoms with Crippen molar-refractivity contribution in [2.45, 2.75) is 115 Å². The van der Waals surface area contributed by atoms with Crippen molar-refractivity contribution in [3.8, 4) is 22.6 Å². The van der Waals surface area contributed by atoms with Gasteiger partial charge in [-0.15, -0.1) is 0 Å². The minimum absolute atomic E-state index is 0. The first-order valence-electron chi connectivity index (χ1n) is 13.4. The fraction of sp³-hybridized carbons (Fsp3) is 0.600. The Bertz CT molecular complexity index is 839. The van der Waals surface area contributed by atoms with Gasteiger partial charge in [-0.25, -0.2) is 0 Å². The molecule has 0 amide bonds. The summed E-state index contributed by atoms with van der Waals surface area (Å²) in [6.07, 6.45) is 14.4. The molecular formula is C30H46NO2P. The Balaban J connectivity index is 0.00000324. The molecule has 188 valence electrons. The molecule has 0 saturated heterocycles. The molecule has 0 radical (unpaired) electrons. The van der Waals surface area contributed by atoms with Gasteiger partial charge in [-0.05, 0) is 87.7 Å². The van der Waals surface area contributed by atoms with E-state index in [2.05, 4.69) is 70.2 Å². The highest BCUT2D eigenvalue weighted by molar-refractivity contribution is 7.67. The summed E-state index contributed by atoms with van der Waals surface area (Å²) in [5.41, 5.74) is 4.25. The van der Waals surface area contributed by atoms with Gasteiger partial charge < -0.3 is 15.6 Å². The van der Waals surface area contributed by atoms with Crippen molar-refractivity contribution in [2.24, 2.45) is 0 Å². The molecule has 2 aromatic carbocycles. The first-order chi connectivity index (χ1) is 16.0. The molecular weight excluding hydrogens is 437 g/mol. The van der Waals surface area contributed by atoms with Crippen LogP contribution in [0.15, 0.2) is 42.5 Å². The number of rotatable bonds is 8. The topological polar surface area (TPSA) is 53.5 Å². The number of ether oxygens (including phenoxy) is 2. The van der Waals surface area contributed by atoms with E-state index in [0.717, 1.165) is 28.4 Å². The van der Waals surface area contributed by atoms with Crippen LogP contribution in [0.1, 0.15) is 91.9 Å². The lowest BCUT2D eigenvalue weighted by Gasteiger charge is -2.39. The minimum Gasteiger partial charge on any atom is -0.490 e. The van der Waals surface area contributed by atoms with Gasteiger partial charge in [-0.3, -0.25) is 0 Å². The minimum atomic E-state index is -0.213. The van der Waals surface area contributed by atoms with Crippen molar-refractivity contribution in [1.29, 1.82) is 0 Å². The Morgan fingerprint density at radius 3 is 1.59 bits per heavy atom. The fourth-order valence-corrected chi connectivity index (χ4v) is 9.75. The van der Waals surface area contributed by atoms with Crippen molar-refractivity contribution in [2.75, 3.05) is 0 Å². The second-order valence-electron chi connectivity index (χ2n) is 10.5. The van der Waals surface area contributed by atoms with E-state index < -0.39 is 0 Å². The number of hydrogen-bond donors (Lipinski definition) is 1. The highest BCUT2D eigenvalue weighted by Gasteiger charge is 2.34. The van der Waals surface area contributed by atoms with Crippen molar-refractivity contribution in [3.05, 3.63) is 42.5 Å². The van der Waals surface area contributed by atoms with Gasteiger partial charge >= 0.3 is 0 Å². The Kier molecular flexibility index (Phi) is 10.3. The zero-order chi connectivity index (χ0) is 23.2. The Hall–Kier alpha value is -1.57. The maximum Gasteiger partial charge on any atom is 0.131 e. The average molecular weight is 484 g/mol. The maximum atomic E-state index is 6.37. The molecule has 4 rings (SSSR count). The van der Waals surface area contributed by atoms with Crippen LogP contribution in [0.3, 0.4) is 0 Å². The van der Waals surface area contributed by atoms with Crippen molar-refractivity contribution in [3.63, 3.8) is 0 Å². The molecule has 0 aromatic heterocycles. The first kappa shape index (κ1) is 27.0. The molecule has 2 saturated carbocycles. The molecule has 0 aliphatic heterocycles. The fourth-order valence-electron chi connectivity index (χ4n) is 5.80. The zero-order valence-corrected chi connectivity index (χ0v) is 22.8. The molecule has 2 aliphatic rings. The van der Waals surface area contributed by atoms with Crippen molar-refractivity contribution >= 4 is 13.2 Å². The van der Waals surface area contributed by atoms with Crippen molar-refractivity contribution in [1.82, 2.24) is 6.15 Å². The zero-order valence-electron chi connectivity index (χ0n) is 21.9. The number of hydrogen-bond acceptors (Lipinski definition) is 3. The van der Waals surface area contributed by atoms with Gasteiger partial charge in [-0.2, -0.15) is 0 Å². The van der Waals surface area contributed by atoms with Gasteiger partial charge in [0.05, 0.1) is 17.8 Å². The molecule has 0 atom stereocenters. The molecule has 0 spiro atoms. The van der Waals surface area contributed by atoms with Gasteiger partial charge in [0.15, 0.2) is 0 Å². The van der Waals surface area contributed by atoms with Gasteiger partial charge in [0.1, 0.15) is 11.5 Å². The Labute approximate surface area is 209 Å². The smallest absolute Gasteiger partial charge is 0.131 e. The summed E-state index contributed by atoms with van der Waals surface area (Å²) in [7, 11) is -0.213. The SMILES string of the molecule is CC(C)Oc1cccc(OC(C)C)c1-c1ccccc1P(C1CCCCC1)C1CCCCC1.N. The summed E-state index contributed by atoms with van der Waals surface area (Å²) in [5, 5.41) is 1.60. The van der Waals surface area contributed by atoms with E-state index in [0.29, 0.717) is 0 Å². The lowest BCUT2D eigenvalue weighted by molar-refractivity contribution is 0.231. The Morgan fingerprint density at radius 2 is 1.12 bits per heavy atom. The second-order valence-corrected chi connectivity index (χ2v) is 13.2. The summed E-state index contributed by atoms with van der Waals surface area (Å²) in [6.45, 7) is 8.45. The number of benzene rings is 2. The van der Waals surface area contributed by atoms with E-state index >= 15 is 0 Å². The van der Waals surface area contributed by atoms with Crippen LogP contribution in [0.5, 0.6) is 11.5 Å². The summed E-state index contributed by atoms with van der Waals surface area (Å²) >= 11 is 0. The molecule has 0 heterocycles. The van der Waals surface area contributed by atoms with Crippen LogP contribution < -0.4 is 20.9 Å². The predicted octanol–water partition coefficient (Wildman–Crippen LogP) is 8.86. The summed E-state index contributed by atoms with van der Waals surface area (Å²) in [5.74, 6) is 1.91. The van der Waals surface area contributed by atoms with Crippen LogP contribution in [0.25, 0.3) is 11.1 Å². The largest absolute Gasteiger partial charge is 0.490 e. The van der Waals surface area contributed by atoms with E-state index in [1.165, 1.54) is 69.8 Å². The molecule has 3 nitrogen and oxygen atoms in total. The van der Waals surface area contributed by atoms with E-state index in [9.17, 15) is 0 Å². The van der Waals surface area contributed by atoms with Gasteiger partial charge in [0.25, 0.3) is 0 Å². The van der Waals surface area contributed by atoms with Crippen LogP contribution in [0.2, 0.25) is 0 Å². The third kappa shape index (κ3) is 6.55. The molecule has 2 fully saturated rings. The van der Waals surface area contributed by atoms with E-state index in [1.54, 1.807) is 5.30 Å². The highest BCUT2D eigenvalue weighted by atomic mass is 31.1. The lowest BCUT2D eigenvalue weighted by Crippen LogP contribution is -2.27. The molecule has 2 aromatic rings. The summed E-state index contributed by atoms with van der Waals surface area (Å²) in [4.78, 5) is 0. The molecule has 0 bridgehead atoms. The van der Waals surface area contributed by atoms with E-state index in [-0.39, 0.29) is 26.3 Å². The standard InChI is InChI=1S/C30H43O2P.H3N/c1-22(2)31-27-19-13-20-28(32-23(3)4)30(27)26-18-11-12-21-29(26)33(24-14-7-5-8-15-24)25-16-9-6-10-17-25;/h11-13,18-25H,5-10,14-17H2,1-4H3;1H3. The van der Waals surface area contributed by atoms with Gasteiger partial charge in [0, 0.05) is 0 Å². The van der Waals surface area contributed by atoms with Gasteiger partial charge in [0.2, 0.25) is 0 Å². The molecule has 2 aliphatic carbocycles. The third-order valence-electron chi connectivity index (χ3n) is 7.10. The molecule has 34 heavy (non-hydrogen) atoms. The van der Waals surface area contributed by atoms with Crippen LogP contribution >= 0.6 is 7.92 Å². The predicted molar refractivity (Wildman–Crippen MR) is 149 cm³/mol. The van der Waals surface area contributed by atoms with Crippen LogP contribution in [-0.4, -0.2) is 23.5 Å². The van der Waals surface area contributed by atoms with Gasteiger partial charge in [-0.1, -0.05) is 76.8 Å². The molecule has 3 N–H and O–H groups in total. The van der Waals surface area contributed by atoms with Crippen molar-refractivity contribution < 1.29 is 9.47 Å². The van der Waals surface area contributed by atoms with E-state index in [1.807, 2.05) is 0 Å². The first-order valence-corrected chi connectivity index (χ1v) is 14.9. The molecule has 0 unspecified atom stereocenters. The third-order valence-corrected chi connectivity index (χ3v) is 10.7. The van der Waals surface area contributed by atoms with E-state index in [4.69, 9.17) is 9.47 Å². The monoisotopic (exact) mass is 483 g/mol. The lowest BCUT2D eigenvalue weighted by atomic mass is 9.99. The summed E-state index contributed by atoms with van der Waals surface area (Å²) in [6, 6.07) is 15.6. The highest BCUT2D eigenvalue weighted by Crippen LogP contribution is 2.57. The maximum absolute atomic E-state index is 6.37. The quantitative estimate of drug-likeness (QED) is 0.381. The Morgan fingerprint density at radius 1 is 0.647 bits per heavy atom. The average Bonchev–Trinajstić information content (AvgIpc) is 2.81. The second kappa shape index (κ2) is 12.9. The van der Waals surface area contributed by atoms with Crippen LogP contribution in [0, 0.1) is 0 Å². The van der Waals surface area contributed by atoms with Crippen LogP contribution in [-0.2, 0) is 0 Å². The molecule has 4 heteroatoms.